The second kappa shape index (κ2) is 6.16. The molecule has 0 aliphatic rings. The van der Waals surface area contributed by atoms with Gasteiger partial charge in [-0.25, -0.2) is 15.5 Å². The van der Waals surface area contributed by atoms with Crippen LogP contribution < -0.4 is 5.32 Å². The average molecular weight is 332 g/mol. The Morgan fingerprint density at radius 3 is 3.00 bits per heavy atom. The first kappa shape index (κ1) is 15.0. The SMILES string of the molecule is Cn1cc(-c2ccc(N=N)c(NCc3cc4cccnc4[nH]3)n2)cn1. The van der Waals surface area contributed by atoms with E-state index in [1.165, 1.54) is 0 Å². The summed E-state index contributed by atoms with van der Waals surface area (Å²) in [6, 6.07) is 9.56. The van der Waals surface area contributed by atoms with Gasteiger partial charge in [0.05, 0.1) is 18.4 Å². The highest BCUT2D eigenvalue weighted by Gasteiger charge is 2.09. The molecule has 0 aliphatic carbocycles. The molecule has 0 aliphatic heterocycles. The van der Waals surface area contributed by atoms with Gasteiger partial charge in [-0.15, -0.1) is 0 Å². The summed E-state index contributed by atoms with van der Waals surface area (Å²) < 4.78 is 1.73. The van der Waals surface area contributed by atoms with E-state index in [4.69, 9.17) is 5.53 Å². The van der Waals surface area contributed by atoms with E-state index in [0.717, 1.165) is 28.0 Å². The van der Waals surface area contributed by atoms with Crippen molar-refractivity contribution in [2.45, 2.75) is 6.54 Å². The lowest BCUT2D eigenvalue weighted by atomic mass is 10.2. The summed E-state index contributed by atoms with van der Waals surface area (Å²) in [5.74, 6) is 0.558. The van der Waals surface area contributed by atoms with Crippen LogP contribution in [0.3, 0.4) is 0 Å². The number of aromatic amines is 1. The van der Waals surface area contributed by atoms with Crippen LogP contribution >= 0.6 is 0 Å². The second-order valence-electron chi connectivity index (χ2n) is 5.67. The first-order valence-electron chi connectivity index (χ1n) is 7.77. The topological polar surface area (TPSA) is 108 Å². The minimum absolute atomic E-state index is 0.488. The van der Waals surface area contributed by atoms with Crippen molar-refractivity contribution in [2.75, 3.05) is 5.32 Å². The van der Waals surface area contributed by atoms with Crippen LogP contribution in [-0.2, 0) is 13.6 Å². The van der Waals surface area contributed by atoms with Gasteiger partial charge in [-0.05, 0) is 30.3 Å². The summed E-state index contributed by atoms with van der Waals surface area (Å²) in [7, 11) is 1.86. The van der Waals surface area contributed by atoms with Crippen molar-refractivity contribution in [3.63, 3.8) is 0 Å². The van der Waals surface area contributed by atoms with E-state index in [9.17, 15) is 0 Å². The van der Waals surface area contributed by atoms with E-state index in [1.807, 2.05) is 37.5 Å². The zero-order chi connectivity index (χ0) is 17.2. The first-order valence-corrected chi connectivity index (χ1v) is 7.77. The lowest BCUT2D eigenvalue weighted by molar-refractivity contribution is 0.768. The summed E-state index contributed by atoms with van der Waals surface area (Å²) in [5, 5.41) is 12.0. The van der Waals surface area contributed by atoms with E-state index in [-0.39, 0.29) is 0 Å². The minimum Gasteiger partial charge on any atom is -0.363 e. The maximum Gasteiger partial charge on any atom is 0.154 e. The maximum absolute atomic E-state index is 7.35. The third kappa shape index (κ3) is 2.97. The standard InChI is InChI=1S/C17H16N8/c1-25-10-12(8-21-25)14-4-5-15(24-18)17(23-14)20-9-13-7-11-3-2-6-19-16(11)22-13/h2-8,10,18H,9H2,1H3,(H,19,22)(H,20,23). The number of anilines is 1. The van der Waals surface area contributed by atoms with Gasteiger partial charge in [-0.1, -0.05) is 0 Å². The molecule has 0 spiro atoms. The average Bonchev–Trinajstić information content (AvgIpc) is 3.25. The fourth-order valence-electron chi connectivity index (χ4n) is 2.68. The molecule has 0 bridgehead atoms. The molecule has 3 N–H and O–H groups in total. The van der Waals surface area contributed by atoms with Crippen LogP contribution in [0.15, 0.2) is 54.0 Å². The van der Waals surface area contributed by atoms with Crippen LogP contribution in [0.5, 0.6) is 0 Å². The molecular weight excluding hydrogens is 316 g/mol. The fourth-order valence-corrected chi connectivity index (χ4v) is 2.68. The normalized spacial score (nSPS) is 10.9. The van der Waals surface area contributed by atoms with Gasteiger partial charge in [0.15, 0.2) is 5.82 Å². The number of nitrogens with one attached hydrogen (secondary N) is 3. The molecule has 4 heterocycles. The van der Waals surface area contributed by atoms with Gasteiger partial charge in [-0.3, -0.25) is 4.68 Å². The van der Waals surface area contributed by atoms with E-state index in [2.05, 4.69) is 30.5 Å². The van der Waals surface area contributed by atoms with Crippen LogP contribution in [0, 0.1) is 5.53 Å². The van der Waals surface area contributed by atoms with Crippen molar-refractivity contribution in [2.24, 2.45) is 12.2 Å². The van der Waals surface area contributed by atoms with Gasteiger partial charge in [0, 0.05) is 36.1 Å². The van der Waals surface area contributed by atoms with Gasteiger partial charge >= 0.3 is 0 Å². The molecule has 0 amide bonds. The molecule has 0 atom stereocenters. The van der Waals surface area contributed by atoms with E-state index < -0.39 is 0 Å². The van der Waals surface area contributed by atoms with Gasteiger partial charge in [0.1, 0.15) is 11.3 Å². The Labute approximate surface area is 143 Å². The highest BCUT2D eigenvalue weighted by Crippen LogP contribution is 2.27. The molecule has 0 unspecified atom stereocenters. The first-order chi connectivity index (χ1) is 12.2. The van der Waals surface area contributed by atoms with E-state index >= 15 is 0 Å². The van der Waals surface area contributed by atoms with E-state index in [0.29, 0.717) is 18.1 Å². The summed E-state index contributed by atoms with van der Waals surface area (Å²) in [5.41, 5.74) is 11.4. The molecule has 4 rings (SSSR count). The van der Waals surface area contributed by atoms with Gasteiger partial charge < -0.3 is 10.3 Å². The third-order valence-corrected chi connectivity index (χ3v) is 3.89. The van der Waals surface area contributed by atoms with Crippen LogP contribution in [-0.4, -0.2) is 24.7 Å². The molecule has 4 aromatic heterocycles. The number of hydrogen-bond donors (Lipinski definition) is 3. The maximum atomic E-state index is 7.35. The summed E-state index contributed by atoms with van der Waals surface area (Å²) >= 11 is 0. The van der Waals surface area contributed by atoms with Crippen LogP contribution in [0.25, 0.3) is 22.3 Å². The van der Waals surface area contributed by atoms with Crippen LogP contribution in [0.4, 0.5) is 11.5 Å². The number of rotatable bonds is 5. The Hall–Kier alpha value is -3.55. The predicted octanol–water partition coefficient (Wildman–Crippen LogP) is 3.63. The highest BCUT2D eigenvalue weighted by atomic mass is 15.2. The van der Waals surface area contributed by atoms with Crippen molar-refractivity contribution in [1.29, 1.82) is 5.53 Å². The monoisotopic (exact) mass is 332 g/mol. The Morgan fingerprint density at radius 1 is 1.32 bits per heavy atom. The Bertz CT molecular complexity index is 1010. The van der Waals surface area contributed by atoms with Crippen molar-refractivity contribution >= 4 is 22.5 Å². The smallest absolute Gasteiger partial charge is 0.154 e. The molecule has 0 aromatic carbocycles. The molecule has 0 saturated heterocycles. The van der Waals surface area contributed by atoms with Crippen molar-refractivity contribution in [3.8, 4) is 11.3 Å². The quantitative estimate of drug-likeness (QED) is 0.485. The molecule has 8 nitrogen and oxygen atoms in total. The number of aryl methyl sites for hydroxylation is 1. The van der Waals surface area contributed by atoms with E-state index in [1.54, 1.807) is 23.1 Å². The number of nitrogens with zero attached hydrogens (tertiary/aromatic N) is 5. The molecule has 124 valence electrons. The Balaban J connectivity index is 1.60. The highest BCUT2D eigenvalue weighted by molar-refractivity contribution is 5.76. The molecule has 0 radical (unpaired) electrons. The summed E-state index contributed by atoms with van der Waals surface area (Å²) in [6.45, 7) is 0.530. The van der Waals surface area contributed by atoms with Crippen LogP contribution in [0.1, 0.15) is 5.69 Å². The fraction of sp³-hybridized carbons (Fsp3) is 0.118. The lowest BCUT2D eigenvalue weighted by Crippen LogP contribution is -2.02. The minimum atomic E-state index is 0.488. The predicted molar refractivity (Wildman–Crippen MR) is 94.7 cm³/mol. The zero-order valence-electron chi connectivity index (χ0n) is 13.6. The molecule has 0 saturated carbocycles. The largest absolute Gasteiger partial charge is 0.363 e. The molecule has 4 aromatic rings. The molecule has 0 fully saturated rings. The van der Waals surface area contributed by atoms with Crippen molar-refractivity contribution < 1.29 is 0 Å². The van der Waals surface area contributed by atoms with Gasteiger partial charge in [0.2, 0.25) is 0 Å². The van der Waals surface area contributed by atoms with Crippen molar-refractivity contribution in [3.05, 3.63) is 54.6 Å². The molecular formula is C17H16N8. The summed E-state index contributed by atoms with van der Waals surface area (Å²) in [4.78, 5) is 12.1. The molecule has 8 heteroatoms. The Kier molecular flexibility index (Phi) is 3.70. The van der Waals surface area contributed by atoms with Crippen molar-refractivity contribution in [1.82, 2.24) is 24.7 Å². The lowest BCUT2D eigenvalue weighted by Gasteiger charge is -2.08. The number of fused-ring (bicyclic) bond motifs is 1. The second-order valence-corrected chi connectivity index (χ2v) is 5.67. The summed E-state index contributed by atoms with van der Waals surface area (Å²) in [6.07, 6.45) is 5.41. The van der Waals surface area contributed by atoms with Gasteiger partial charge in [0.25, 0.3) is 0 Å². The molecule has 25 heavy (non-hydrogen) atoms. The number of H-pyrrole nitrogens is 1. The van der Waals surface area contributed by atoms with Gasteiger partial charge in [-0.2, -0.15) is 10.2 Å². The number of pyridine rings is 2. The zero-order valence-corrected chi connectivity index (χ0v) is 13.6. The third-order valence-electron chi connectivity index (χ3n) is 3.89. The number of hydrogen-bond acceptors (Lipinski definition) is 6. The number of aromatic nitrogens is 5. The van der Waals surface area contributed by atoms with Crippen LogP contribution in [0.2, 0.25) is 0 Å². The Morgan fingerprint density at radius 2 is 2.24 bits per heavy atom.